The van der Waals surface area contributed by atoms with Gasteiger partial charge in [0.25, 0.3) is 0 Å². The Morgan fingerprint density at radius 2 is 1.86 bits per heavy atom. The molecule has 0 saturated heterocycles. The van der Waals surface area contributed by atoms with E-state index in [4.69, 9.17) is 12.2 Å². The smallest absolute Gasteiger partial charge is 0.255 e. The van der Waals surface area contributed by atoms with Crippen molar-refractivity contribution >= 4 is 32.9 Å². The Kier molecular flexibility index (Phi) is 2.62. The van der Waals surface area contributed by atoms with E-state index in [-0.39, 0.29) is 4.87 Å². The number of aryl methyl sites for hydroxylation is 1. The number of nitrogens with zero attached hydrogens (tertiary/aromatic N) is 1. The van der Waals surface area contributed by atoms with Gasteiger partial charge in [-0.3, -0.25) is 4.79 Å². The summed E-state index contributed by atoms with van der Waals surface area (Å²) in [5, 5.41) is 0. The second kappa shape index (κ2) is 3.76. The molecule has 0 N–H and O–H groups in total. The number of rotatable bonds is 1. The van der Waals surface area contributed by atoms with E-state index < -0.39 is 0 Å². The second-order valence-electron chi connectivity index (χ2n) is 2.87. The van der Waals surface area contributed by atoms with E-state index in [1.54, 1.807) is 4.57 Å². The molecule has 0 aliphatic heterocycles. The summed E-state index contributed by atoms with van der Waals surface area (Å²) >= 11 is 5.08. The fourth-order valence-electron chi connectivity index (χ4n) is 1.13. The first-order valence-electron chi connectivity index (χ1n) is 3.98. The Labute approximate surface area is 93.5 Å². The lowest BCUT2D eigenvalue weighted by molar-refractivity contribution is 1.03. The van der Waals surface area contributed by atoms with Gasteiger partial charge in [0.15, 0.2) is 3.95 Å². The number of hydrogen-bond donors (Lipinski definition) is 0. The summed E-state index contributed by atoms with van der Waals surface area (Å²) in [7, 11) is 2.51. The summed E-state index contributed by atoms with van der Waals surface area (Å²) in [4.78, 5) is 11.4. The molecule has 72 valence electrons. The first-order valence-corrected chi connectivity index (χ1v) is 6.53. The molecular weight excluding hydrogens is 234 g/mol. The van der Waals surface area contributed by atoms with Crippen molar-refractivity contribution in [2.24, 2.45) is 0 Å². The molecule has 2 rings (SSSR count). The normalized spacial score (nSPS) is 10.4. The highest BCUT2D eigenvalue weighted by atomic mass is 32.9. The van der Waals surface area contributed by atoms with Crippen molar-refractivity contribution < 1.29 is 0 Å². The predicted octanol–water partition coefficient (Wildman–Crippen LogP) is 3.00. The molecule has 0 atom stereocenters. The first kappa shape index (κ1) is 9.76. The number of hydrogen-bond acceptors (Lipinski definition) is 4. The van der Waals surface area contributed by atoms with E-state index in [0.29, 0.717) is 3.95 Å². The highest BCUT2D eigenvalue weighted by molar-refractivity contribution is 7.79. The maximum absolute atomic E-state index is 11.5. The largest absolute Gasteiger partial charge is 0.323 e. The van der Waals surface area contributed by atoms with Crippen molar-refractivity contribution in [3.63, 3.8) is 0 Å². The molecular formula is C9H7NOS3. The summed E-state index contributed by atoms with van der Waals surface area (Å²) in [6.45, 7) is 2.01. The van der Waals surface area contributed by atoms with Crippen LogP contribution in [0.3, 0.4) is 0 Å². The van der Waals surface area contributed by atoms with Gasteiger partial charge in [-0.25, -0.2) is 4.57 Å². The zero-order valence-electron chi connectivity index (χ0n) is 7.39. The minimum absolute atomic E-state index is 0.0103. The van der Waals surface area contributed by atoms with Gasteiger partial charge in [0, 0.05) is 0 Å². The van der Waals surface area contributed by atoms with Gasteiger partial charge in [-0.1, -0.05) is 17.7 Å². The van der Waals surface area contributed by atoms with E-state index in [1.807, 2.05) is 31.2 Å². The van der Waals surface area contributed by atoms with E-state index in [9.17, 15) is 4.79 Å². The average molecular weight is 241 g/mol. The molecule has 0 unspecified atom stereocenters. The Hall–Kier alpha value is -0.780. The first-order chi connectivity index (χ1) is 6.68. The Bertz CT molecular complexity index is 519. The van der Waals surface area contributed by atoms with Crippen molar-refractivity contribution in [3.8, 4) is 5.69 Å². The third kappa shape index (κ3) is 1.70. The minimum Gasteiger partial charge on any atom is -0.255 e. The fraction of sp³-hybridized carbons (Fsp3) is 0.111. The van der Waals surface area contributed by atoms with Gasteiger partial charge < -0.3 is 0 Å². The van der Waals surface area contributed by atoms with Gasteiger partial charge in [0.2, 0.25) is 0 Å². The third-order valence-electron chi connectivity index (χ3n) is 1.84. The van der Waals surface area contributed by atoms with Crippen LogP contribution in [0.25, 0.3) is 5.69 Å². The molecule has 2 nitrogen and oxygen atoms in total. The molecule has 0 aliphatic rings. The molecule has 1 heterocycles. The zero-order chi connectivity index (χ0) is 10.1. The van der Waals surface area contributed by atoms with Crippen LogP contribution in [-0.2, 0) is 0 Å². The third-order valence-corrected chi connectivity index (χ3v) is 4.48. The lowest BCUT2D eigenvalue weighted by Crippen LogP contribution is -2.09. The van der Waals surface area contributed by atoms with Gasteiger partial charge in [-0.15, -0.1) is 0 Å². The lowest BCUT2D eigenvalue weighted by Gasteiger charge is -2.00. The SMILES string of the molecule is Cc1ccc(-n2c(=O)ssc2=S)cc1. The summed E-state index contributed by atoms with van der Waals surface area (Å²) < 4.78 is 2.17. The Morgan fingerprint density at radius 1 is 1.21 bits per heavy atom. The molecule has 2 aromatic rings. The van der Waals surface area contributed by atoms with Crippen LogP contribution in [-0.4, -0.2) is 4.57 Å². The van der Waals surface area contributed by atoms with Crippen molar-refractivity contribution in [2.45, 2.75) is 6.92 Å². The minimum atomic E-state index is -0.0103. The van der Waals surface area contributed by atoms with Gasteiger partial charge >= 0.3 is 4.87 Å². The molecule has 5 heteroatoms. The van der Waals surface area contributed by atoms with Crippen LogP contribution in [0.15, 0.2) is 29.1 Å². The molecule has 14 heavy (non-hydrogen) atoms. The molecule has 0 fully saturated rings. The summed E-state index contributed by atoms with van der Waals surface area (Å²) in [6, 6.07) is 7.76. The van der Waals surface area contributed by atoms with Crippen molar-refractivity contribution in [3.05, 3.63) is 43.5 Å². The maximum atomic E-state index is 11.5. The highest BCUT2D eigenvalue weighted by Crippen LogP contribution is 2.12. The van der Waals surface area contributed by atoms with Crippen molar-refractivity contribution in [2.75, 3.05) is 0 Å². The van der Waals surface area contributed by atoms with Crippen LogP contribution in [0, 0.1) is 10.9 Å². The van der Waals surface area contributed by atoms with Gasteiger partial charge in [0.05, 0.1) is 5.69 Å². The quantitative estimate of drug-likeness (QED) is 0.565. The van der Waals surface area contributed by atoms with E-state index in [2.05, 4.69) is 0 Å². The Morgan fingerprint density at radius 3 is 2.36 bits per heavy atom. The molecule has 0 spiro atoms. The van der Waals surface area contributed by atoms with Crippen LogP contribution < -0.4 is 4.87 Å². The van der Waals surface area contributed by atoms with Gasteiger partial charge in [0.1, 0.15) is 0 Å². The number of aromatic nitrogens is 1. The molecule has 0 saturated carbocycles. The van der Waals surface area contributed by atoms with Crippen LogP contribution in [0.5, 0.6) is 0 Å². The second-order valence-corrected chi connectivity index (χ2v) is 5.58. The molecule has 1 aromatic heterocycles. The highest BCUT2D eigenvalue weighted by Gasteiger charge is 2.03. The maximum Gasteiger partial charge on any atom is 0.323 e. The number of benzene rings is 1. The standard InChI is InChI=1S/C9H7NOS3/c1-6-2-4-7(5-3-6)10-8(11)13-14-9(10)12/h2-5H,1H3. The summed E-state index contributed by atoms with van der Waals surface area (Å²) in [6.07, 6.45) is 0. The zero-order valence-corrected chi connectivity index (χ0v) is 9.84. The van der Waals surface area contributed by atoms with Gasteiger partial charge in [-0.05, 0) is 52.0 Å². The van der Waals surface area contributed by atoms with Crippen molar-refractivity contribution in [1.29, 1.82) is 0 Å². The van der Waals surface area contributed by atoms with Crippen LogP contribution in [0.1, 0.15) is 5.56 Å². The van der Waals surface area contributed by atoms with Crippen molar-refractivity contribution in [1.82, 2.24) is 4.57 Å². The van der Waals surface area contributed by atoms with Gasteiger partial charge in [-0.2, -0.15) is 0 Å². The fourth-order valence-corrected chi connectivity index (χ4v) is 3.29. The summed E-state index contributed by atoms with van der Waals surface area (Å²) in [5.41, 5.74) is 2.02. The van der Waals surface area contributed by atoms with E-state index in [1.165, 1.54) is 26.2 Å². The monoisotopic (exact) mass is 241 g/mol. The van der Waals surface area contributed by atoms with E-state index in [0.717, 1.165) is 5.69 Å². The molecule has 0 bridgehead atoms. The lowest BCUT2D eigenvalue weighted by atomic mass is 10.2. The predicted molar refractivity (Wildman–Crippen MR) is 63.4 cm³/mol. The van der Waals surface area contributed by atoms with Crippen LogP contribution >= 0.6 is 32.9 Å². The molecule has 0 radical (unpaired) electrons. The molecule has 0 aliphatic carbocycles. The molecule has 0 amide bonds. The van der Waals surface area contributed by atoms with Crippen LogP contribution in [0.4, 0.5) is 0 Å². The van der Waals surface area contributed by atoms with E-state index >= 15 is 0 Å². The topological polar surface area (TPSA) is 22.0 Å². The molecule has 1 aromatic carbocycles. The Balaban J connectivity index is 2.66. The average Bonchev–Trinajstić information content (AvgIpc) is 2.49. The summed E-state index contributed by atoms with van der Waals surface area (Å²) in [5.74, 6) is 0. The van der Waals surface area contributed by atoms with Crippen LogP contribution in [0.2, 0.25) is 0 Å².